The van der Waals surface area contributed by atoms with E-state index in [1.807, 2.05) is 6.08 Å². The summed E-state index contributed by atoms with van der Waals surface area (Å²) in [6, 6.07) is 2.42. The van der Waals surface area contributed by atoms with Gasteiger partial charge >= 0.3 is 0 Å². The number of nitriles is 1. The van der Waals surface area contributed by atoms with Crippen LogP contribution < -0.4 is 0 Å². The number of hydrogen-bond donors (Lipinski definition) is 0. The quantitative estimate of drug-likeness (QED) is 0.446. The van der Waals surface area contributed by atoms with Gasteiger partial charge in [0.2, 0.25) is 0 Å². The monoisotopic (exact) mass is 319 g/mol. The van der Waals surface area contributed by atoms with Gasteiger partial charge < -0.3 is 9.47 Å². The number of ether oxygens (including phenoxy) is 2. The smallest absolute Gasteiger partial charge is 0.147 e. The van der Waals surface area contributed by atoms with Crippen molar-refractivity contribution in [1.82, 2.24) is 0 Å². The van der Waals surface area contributed by atoms with Crippen molar-refractivity contribution in [3.63, 3.8) is 0 Å². The first-order chi connectivity index (χ1) is 11.0. The molecule has 0 N–H and O–H groups in total. The molecule has 3 nitrogen and oxygen atoms in total. The molecule has 0 saturated carbocycles. The fraction of sp³-hybridized carbons (Fsp3) is 0.750. The summed E-state index contributed by atoms with van der Waals surface area (Å²) in [6.45, 7) is 13.2. The molecule has 0 aromatic heterocycles. The summed E-state index contributed by atoms with van der Waals surface area (Å²) in [5.41, 5.74) is 1.43. The molecule has 0 saturated heterocycles. The molecule has 0 amide bonds. The zero-order valence-electron chi connectivity index (χ0n) is 15.4. The van der Waals surface area contributed by atoms with Crippen LogP contribution in [0.2, 0.25) is 0 Å². The van der Waals surface area contributed by atoms with Crippen LogP contribution in [0.4, 0.5) is 0 Å². The Balaban J connectivity index is 2.88. The van der Waals surface area contributed by atoms with E-state index in [-0.39, 0.29) is 12.9 Å². The highest BCUT2D eigenvalue weighted by Crippen LogP contribution is 2.43. The summed E-state index contributed by atoms with van der Waals surface area (Å²) in [7, 11) is 1.63. The van der Waals surface area contributed by atoms with Gasteiger partial charge in [-0.15, -0.1) is 6.58 Å². The lowest BCUT2D eigenvalue weighted by Crippen LogP contribution is -2.34. The molecule has 0 unspecified atom stereocenters. The van der Waals surface area contributed by atoms with Crippen LogP contribution in [0.15, 0.2) is 24.3 Å². The molecule has 0 spiro atoms. The zero-order chi connectivity index (χ0) is 17.4. The molecule has 0 aromatic rings. The van der Waals surface area contributed by atoms with Crippen molar-refractivity contribution in [1.29, 1.82) is 5.26 Å². The van der Waals surface area contributed by atoms with E-state index in [0.717, 1.165) is 12.8 Å². The molecular weight excluding hydrogens is 286 g/mol. The van der Waals surface area contributed by atoms with Crippen molar-refractivity contribution in [2.45, 2.75) is 53.1 Å². The topological polar surface area (TPSA) is 42.2 Å². The summed E-state index contributed by atoms with van der Waals surface area (Å²) >= 11 is 0. The Labute approximate surface area is 142 Å². The lowest BCUT2D eigenvalue weighted by atomic mass is 9.65. The van der Waals surface area contributed by atoms with Gasteiger partial charge in [-0.2, -0.15) is 5.26 Å². The van der Waals surface area contributed by atoms with Crippen LogP contribution in [0.5, 0.6) is 0 Å². The van der Waals surface area contributed by atoms with Crippen molar-refractivity contribution < 1.29 is 9.47 Å². The van der Waals surface area contributed by atoms with E-state index in [1.165, 1.54) is 5.57 Å². The van der Waals surface area contributed by atoms with Gasteiger partial charge in [0, 0.05) is 13.5 Å². The molecule has 0 aromatic carbocycles. The van der Waals surface area contributed by atoms with Crippen LogP contribution in [0.25, 0.3) is 0 Å². The van der Waals surface area contributed by atoms with E-state index in [0.29, 0.717) is 36.0 Å². The molecule has 23 heavy (non-hydrogen) atoms. The average molecular weight is 319 g/mol. The molecule has 3 heteroatoms. The number of nitrogens with zero attached hydrogens (tertiary/aromatic N) is 1. The molecule has 0 bridgehead atoms. The summed E-state index contributed by atoms with van der Waals surface area (Å²) in [6.07, 6.45) is 7.01. The molecule has 130 valence electrons. The molecule has 5 atom stereocenters. The Morgan fingerprint density at radius 2 is 2.13 bits per heavy atom. The van der Waals surface area contributed by atoms with E-state index in [9.17, 15) is 5.26 Å². The highest BCUT2D eigenvalue weighted by Gasteiger charge is 2.36. The minimum Gasteiger partial charge on any atom is -0.359 e. The largest absolute Gasteiger partial charge is 0.359 e. The van der Waals surface area contributed by atoms with Crippen LogP contribution in [-0.2, 0) is 9.47 Å². The normalized spacial score (nSPS) is 27.2. The number of methoxy groups -OCH3 is 1. The molecule has 1 aliphatic rings. The van der Waals surface area contributed by atoms with E-state index in [1.54, 1.807) is 7.11 Å². The van der Waals surface area contributed by atoms with Crippen LogP contribution in [0.3, 0.4) is 0 Å². The third-order valence-electron chi connectivity index (χ3n) is 5.34. The second-order valence-electron chi connectivity index (χ2n) is 7.21. The maximum atomic E-state index is 9.30. The van der Waals surface area contributed by atoms with Gasteiger partial charge in [-0.25, -0.2) is 0 Å². The van der Waals surface area contributed by atoms with Crippen LogP contribution in [0, 0.1) is 40.9 Å². The van der Waals surface area contributed by atoms with Gasteiger partial charge in [-0.05, 0) is 49.4 Å². The molecule has 0 aliphatic heterocycles. The van der Waals surface area contributed by atoms with E-state index < -0.39 is 0 Å². The predicted molar refractivity (Wildman–Crippen MR) is 94.6 cm³/mol. The van der Waals surface area contributed by atoms with E-state index >= 15 is 0 Å². The molecule has 1 rings (SSSR count). The average Bonchev–Trinajstić information content (AvgIpc) is 2.51. The second-order valence-corrected chi connectivity index (χ2v) is 7.21. The van der Waals surface area contributed by atoms with Crippen LogP contribution in [-0.4, -0.2) is 20.0 Å². The van der Waals surface area contributed by atoms with Crippen molar-refractivity contribution in [2.75, 3.05) is 13.9 Å². The van der Waals surface area contributed by atoms with Crippen molar-refractivity contribution >= 4 is 0 Å². The molecule has 0 heterocycles. The summed E-state index contributed by atoms with van der Waals surface area (Å²) in [5, 5.41) is 9.30. The van der Waals surface area contributed by atoms with Gasteiger partial charge in [-0.1, -0.05) is 38.5 Å². The summed E-state index contributed by atoms with van der Waals surface area (Å²) in [5.74, 6) is 2.45. The number of rotatable bonds is 9. The van der Waals surface area contributed by atoms with Crippen molar-refractivity contribution in [2.24, 2.45) is 29.6 Å². The van der Waals surface area contributed by atoms with Crippen molar-refractivity contribution in [3.05, 3.63) is 24.3 Å². The van der Waals surface area contributed by atoms with E-state index in [2.05, 4.69) is 46.4 Å². The van der Waals surface area contributed by atoms with Gasteiger partial charge in [0.25, 0.3) is 0 Å². The Morgan fingerprint density at radius 3 is 2.65 bits per heavy atom. The Bertz CT molecular complexity index is 435. The minimum absolute atomic E-state index is 0.00934. The number of hydrogen-bond acceptors (Lipinski definition) is 3. The minimum atomic E-state index is -0.00934. The summed E-state index contributed by atoms with van der Waals surface area (Å²) < 4.78 is 10.7. The van der Waals surface area contributed by atoms with Gasteiger partial charge in [0.15, 0.2) is 0 Å². The molecular formula is C20H33NO2. The Hall–Kier alpha value is -1.11. The fourth-order valence-electron chi connectivity index (χ4n) is 3.96. The predicted octanol–water partition coefficient (Wildman–Crippen LogP) is 4.96. The highest BCUT2D eigenvalue weighted by atomic mass is 16.7. The first kappa shape index (κ1) is 19.9. The maximum absolute atomic E-state index is 9.30. The maximum Gasteiger partial charge on any atom is 0.147 e. The number of allylic oxidation sites excluding steroid dienone is 2. The zero-order valence-corrected chi connectivity index (χ0v) is 15.4. The Morgan fingerprint density at radius 1 is 1.43 bits per heavy atom. The van der Waals surface area contributed by atoms with Crippen molar-refractivity contribution in [3.8, 4) is 6.07 Å². The van der Waals surface area contributed by atoms with Crippen LogP contribution in [0.1, 0.15) is 47.0 Å². The summed E-state index contributed by atoms with van der Waals surface area (Å²) in [4.78, 5) is 0. The van der Waals surface area contributed by atoms with Gasteiger partial charge in [0.1, 0.15) is 6.79 Å². The fourth-order valence-corrected chi connectivity index (χ4v) is 3.96. The standard InChI is InChI=1S/C20H33NO2/c1-7-20(23-13-22-6)16(5)12-19-15(4)8-9-17(14(2)3)18(19)10-11-21/h7-8,14,16-20H,1,9-10,12-13H2,2-6H3/t16-,17+,18+,19-,20-/m0/s1. The molecule has 0 fully saturated rings. The lowest BCUT2D eigenvalue weighted by Gasteiger charge is -2.40. The Kier molecular flexibility index (Phi) is 8.58. The third kappa shape index (κ3) is 5.48. The van der Waals surface area contributed by atoms with Gasteiger partial charge in [0.05, 0.1) is 12.2 Å². The second kappa shape index (κ2) is 9.90. The first-order valence-electron chi connectivity index (χ1n) is 8.72. The lowest BCUT2D eigenvalue weighted by molar-refractivity contribution is -0.0740. The highest BCUT2D eigenvalue weighted by molar-refractivity contribution is 5.13. The SMILES string of the molecule is C=C[C@H](OCOC)[C@@H](C)C[C@H]1C(C)=CC[C@H](C(C)C)[C@H]1CC#N. The van der Waals surface area contributed by atoms with Gasteiger partial charge in [-0.3, -0.25) is 0 Å². The van der Waals surface area contributed by atoms with Crippen LogP contribution >= 0.6 is 0 Å². The van der Waals surface area contributed by atoms with E-state index in [4.69, 9.17) is 9.47 Å². The molecule has 1 aliphatic carbocycles. The third-order valence-corrected chi connectivity index (χ3v) is 5.34. The molecule has 0 radical (unpaired) electrons. The first-order valence-corrected chi connectivity index (χ1v) is 8.72.